The summed E-state index contributed by atoms with van der Waals surface area (Å²) >= 11 is 0. The molecule has 0 aliphatic heterocycles. The first-order chi connectivity index (χ1) is 30.8. The van der Waals surface area contributed by atoms with Crippen LogP contribution in [0.2, 0.25) is 0 Å². The van der Waals surface area contributed by atoms with Gasteiger partial charge in [-0.1, -0.05) is 170 Å². The summed E-state index contributed by atoms with van der Waals surface area (Å²) in [6.45, 7) is 0. The number of rotatable bonds is 5. The second-order valence-electron chi connectivity index (χ2n) is 16.1. The van der Waals surface area contributed by atoms with Crippen molar-refractivity contribution in [2.24, 2.45) is 0 Å². The third-order valence-corrected chi connectivity index (χ3v) is 12.7. The molecule has 0 atom stereocenters. The van der Waals surface area contributed by atoms with Crippen molar-refractivity contribution >= 4 is 76.1 Å². The van der Waals surface area contributed by atoms with Crippen LogP contribution in [0.15, 0.2) is 218 Å². The van der Waals surface area contributed by atoms with Crippen LogP contribution in [0.5, 0.6) is 0 Å². The monoisotopic (exact) mass is 788 g/mol. The SMILES string of the molecule is c1ccc(-c2ccc(-c3nc(-n4c5ccccc5c5cc(-c6ccc7c(c6)c6ccccc6n7-c6ccccc6)c6ccccc6c54)nc4ccccc34)c3ccccc23)cc1. The van der Waals surface area contributed by atoms with Crippen LogP contribution in [0, 0.1) is 0 Å². The van der Waals surface area contributed by atoms with Crippen molar-refractivity contribution in [3.63, 3.8) is 0 Å². The minimum atomic E-state index is 0.647. The van der Waals surface area contributed by atoms with E-state index in [1.165, 1.54) is 54.8 Å². The molecule has 13 aromatic rings. The van der Waals surface area contributed by atoms with E-state index in [0.717, 1.165) is 60.4 Å². The van der Waals surface area contributed by atoms with E-state index in [9.17, 15) is 0 Å². The lowest BCUT2D eigenvalue weighted by molar-refractivity contribution is 1.02. The van der Waals surface area contributed by atoms with Gasteiger partial charge in [0.2, 0.25) is 5.95 Å². The number of hydrogen-bond acceptors (Lipinski definition) is 2. The van der Waals surface area contributed by atoms with Crippen LogP contribution in [-0.4, -0.2) is 19.1 Å². The molecule has 62 heavy (non-hydrogen) atoms. The molecule has 3 aromatic heterocycles. The first-order valence-electron chi connectivity index (χ1n) is 21.2. The zero-order valence-electron chi connectivity index (χ0n) is 33.6. The molecule has 0 spiro atoms. The molecule has 4 heteroatoms. The number of para-hydroxylation sites is 4. The summed E-state index contributed by atoms with van der Waals surface area (Å²) in [5.41, 5.74) is 13.4. The molecule has 0 radical (unpaired) electrons. The molecule has 0 saturated heterocycles. The molecule has 0 saturated carbocycles. The maximum absolute atomic E-state index is 5.59. The number of benzene rings is 10. The molecular weight excluding hydrogens is 753 g/mol. The van der Waals surface area contributed by atoms with Crippen molar-refractivity contribution in [3.8, 4) is 45.1 Å². The Morgan fingerprint density at radius 1 is 0.290 bits per heavy atom. The lowest BCUT2D eigenvalue weighted by atomic mass is 9.93. The molecule has 0 bridgehead atoms. The molecule has 0 aliphatic carbocycles. The highest BCUT2D eigenvalue weighted by Gasteiger charge is 2.22. The first kappa shape index (κ1) is 34.5. The second-order valence-corrected chi connectivity index (χ2v) is 16.1. The quantitative estimate of drug-likeness (QED) is 0.174. The Kier molecular flexibility index (Phi) is 7.57. The Hall–Kier alpha value is -8.34. The van der Waals surface area contributed by atoms with Gasteiger partial charge in [-0.3, -0.25) is 4.57 Å². The Bertz CT molecular complexity index is 3920. The smallest absolute Gasteiger partial charge is 0.235 e. The van der Waals surface area contributed by atoms with Gasteiger partial charge in [0.05, 0.1) is 33.3 Å². The summed E-state index contributed by atoms with van der Waals surface area (Å²) in [5, 5.41) is 10.5. The molecule has 0 amide bonds. The van der Waals surface area contributed by atoms with E-state index in [-0.39, 0.29) is 0 Å². The minimum absolute atomic E-state index is 0.647. The van der Waals surface area contributed by atoms with Gasteiger partial charge in [-0.2, -0.15) is 0 Å². The lowest BCUT2D eigenvalue weighted by Crippen LogP contribution is -2.04. The first-order valence-corrected chi connectivity index (χ1v) is 21.2. The summed E-state index contributed by atoms with van der Waals surface area (Å²) in [7, 11) is 0. The summed E-state index contributed by atoms with van der Waals surface area (Å²) in [6.07, 6.45) is 0. The number of fused-ring (bicyclic) bond motifs is 10. The van der Waals surface area contributed by atoms with Crippen molar-refractivity contribution in [3.05, 3.63) is 218 Å². The molecule has 10 aromatic carbocycles. The van der Waals surface area contributed by atoms with Gasteiger partial charge in [0.25, 0.3) is 0 Å². The average Bonchev–Trinajstić information content (AvgIpc) is 3.86. The van der Waals surface area contributed by atoms with Gasteiger partial charge in [-0.25, -0.2) is 9.97 Å². The maximum atomic E-state index is 5.59. The lowest BCUT2D eigenvalue weighted by Gasteiger charge is -2.16. The van der Waals surface area contributed by atoms with Gasteiger partial charge in [0, 0.05) is 43.6 Å². The van der Waals surface area contributed by atoms with Crippen molar-refractivity contribution in [2.75, 3.05) is 0 Å². The highest BCUT2D eigenvalue weighted by atomic mass is 15.2. The molecule has 288 valence electrons. The van der Waals surface area contributed by atoms with Crippen LogP contribution < -0.4 is 0 Å². The van der Waals surface area contributed by atoms with Crippen LogP contribution in [0.3, 0.4) is 0 Å². The molecule has 4 nitrogen and oxygen atoms in total. The highest BCUT2D eigenvalue weighted by Crippen LogP contribution is 2.44. The van der Waals surface area contributed by atoms with Crippen molar-refractivity contribution in [1.82, 2.24) is 19.1 Å². The molecular formula is C58H36N4. The second kappa shape index (κ2) is 13.6. The Morgan fingerprint density at radius 2 is 0.823 bits per heavy atom. The number of nitrogens with zero attached hydrogens (tertiary/aromatic N) is 4. The zero-order valence-corrected chi connectivity index (χ0v) is 33.6. The summed E-state index contributed by atoms with van der Waals surface area (Å²) in [4.78, 5) is 11.0. The normalized spacial score (nSPS) is 11.9. The molecule has 0 aliphatic rings. The van der Waals surface area contributed by atoms with Gasteiger partial charge in [0.1, 0.15) is 0 Å². The molecule has 0 fully saturated rings. The van der Waals surface area contributed by atoms with Crippen LogP contribution in [-0.2, 0) is 0 Å². The van der Waals surface area contributed by atoms with Crippen LogP contribution in [0.1, 0.15) is 0 Å². The molecule has 0 N–H and O–H groups in total. The Morgan fingerprint density at radius 3 is 1.56 bits per heavy atom. The Labute approximate surface area is 357 Å². The highest BCUT2D eigenvalue weighted by molar-refractivity contribution is 6.22. The van der Waals surface area contributed by atoms with E-state index in [1.807, 2.05) is 0 Å². The van der Waals surface area contributed by atoms with Crippen molar-refractivity contribution < 1.29 is 0 Å². The fourth-order valence-corrected chi connectivity index (χ4v) is 10.0. The van der Waals surface area contributed by atoms with E-state index >= 15 is 0 Å². The van der Waals surface area contributed by atoms with Gasteiger partial charge in [0.15, 0.2) is 0 Å². The molecule has 13 rings (SSSR count). The summed E-state index contributed by atoms with van der Waals surface area (Å²) < 4.78 is 4.67. The summed E-state index contributed by atoms with van der Waals surface area (Å²) in [5.74, 6) is 0.647. The third kappa shape index (κ3) is 5.14. The topological polar surface area (TPSA) is 35.6 Å². The van der Waals surface area contributed by atoms with Gasteiger partial charge < -0.3 is 4.57 Å². The van der Waals surface area contributed by atoms with E-state index < -0.39 is 0 Å². The molecule has 3 heterocycles. The van der Waals surface area contributed by atoms with Gasteiger partial charge in [-0.05, 0) is 86.9 Å². The zero-order chi connectivity index (χ0) is 40.7. The Balaban J connectivity index is 1.07. The predicted octanol–water partition coefficient (Wildman–Crippen LogP) is 15.1. The van der Waals surface area contributed by atoms with E-state index in [0.29, 0.717) is 5.95 Å². The van der Waals surface area contributed by atoms with E-state index in [2.05, 4.69) is 228 Å². The van der Waals surface area contributed by atoms with E-state index in [1.54, 1.807) is 0 Å². The average molecular weight is 789 g/mol. The number of hydrogen-bond donors (Lipinski definition) is 0. The minimum Gasteiger partial charge on any atom is -0.309 e. The fourth-order valence-electron chi connectivity index (χ4n) is 10.0. The van der Waals surface area contributed by atoms with Gasteiger partial charge in [-0.15, -0.1) is 0 Å². The molecule has 0 unspecified atom stereocenters. The van der Waals surface area contributed by atoms with Crippen LogP contribution in [0.4, 0.5) is 0 Å². The largest absolute Gasteiger partial charge is 0.309 e. The van der Waals surface area contributed by atoms with Gasteiger partial charge >= 0.3 is 0 Å². The number of aromatic nitrogens is 4. The summed E-state index contributed by atoms with van der Waals surface area (Å²) in [6, 6.07) is 78.5. The predicted molar refractivity (Wildman–Crippen MR) is 260 cm³/mol. The van der Waals surface area contributed by atoms with Crippen LogP contribution >= 0.6 is 0 Å². The van der Waals surface area contributed by atoms with Crippen LogP contribution in [0.25, 0.3) is 121 Å². The fraction of sp³-hybridized carbons (Fsp3) is 0. The van der Waals surface area contributed by atoms with Crippen molar-refractivity contribution in [1.29, 1.82) is 0 Å². The maximum Gasteiger partial charge on any atom is 0.235 e. The van der Waals surface area contributed by atoms with E-state index in [4.69, 9.17) is 9.97 Å². The standard InChI is InChI=1S/C58H36N4/c1-3-17-37(18-4-1)40-32-33-46(42-22-8-7-21-41(40)42)56-48-27-11-14-28-52(48)59-58(60-56)62-54-30-16-13-25-45(54)51-36-49(43-23-9-10-26-47(43)57(51)62)38-31-34-55-50(35-38)44-24-12-15-29-53(44)61(55)39-19-5-2-6-20-39/h1-36H. The third-order valence-electron chi connectivity index (χ3n) is 12.7. The van der Waals surface area contributed by atoms with Crippen molar-refractivity contribution in [2.45, 2.75) is 0 Å².